The standard InChI is InChI=1S/C14H14F2N2O/c15-12-6-5-11(10-13(12)16)17-14(19)4-3-9-18-7-1-2-8-18/h1-2,5-8,10H,3-4,9H2,(H,17,19). The van der Waals surface area contributed by atoms with Crippen molar-refractivity contribution in [3.05, 3.63) is 54.4 Å². The molecule has 0 unspecified atom stereocenters. The summed E-state index contributed by atoms with van der Waals surface area (Å²) in [5, 5.41) is 2.54. The molecule has 0 radical (unpaired) electrons. The zero-order chi connectivity index (χ0) is 13.7. The first kappa shape index (κ1) is 13.3. The Labute approximate surface area is 109 Å². The maximum absolute atomic E-state index is 12.9. The van der Waals surface area contributed by atoms with Crippen molar-refractivity contribution in [3.8, 4) is 0 Å². The number of carbonyl (C=O) groups is 1. The van der Waals surface area contributed by atoms with Gasteiger partial charge in [0.25, 0.3) is 0 Å². The van der Waals surface area contributed by atoms with E-state index >= 15 is 0 Å². The molecular formula is C14H14F2N2O. The lowest BCUT2D eigenvalue weighted by Gasteiger charge is -2.06. The van der Waals surface area contributed by atoms with Gasteiger partial charge in [0.2, 0.25) is 5.91 Å². The van der Waals surface area contributed by atoms with E-state index in [0.717, 1.165) is 18.7 Å². The lowest BCUT2D eigenvalue weighted by atomic mass is 10.2. The number of hydrogen-bond donors (Lipinski definition) is 1. The van der Waals surface area contributed by atoms with Gasteiger partial charge in [0.05, 0.1) is 0 Å². The number of benzene rings is 1. The van der Waals surface area contributed by atoms with Gasteiger partial charge in [-0.25, -0.2) is 8.78 Å². The summed E-state index contributed by atoms with van der Waals surface area (Å²) in [6, 6.07) is 7.13. The van der Waals surface area contributed by atoms with Crippen LogP contribution in [0.1, 0.15) is 12.8 Å². The van der Waals surface area contributed by atoms with Crippen molar-refractivity contribution in [2.75, 3.05) is 5.32 Å². The Bertz CT molecular complexity index is 553. The second-order valence-electron chi connectivity index (χ2n) is 4.20. The van der Waals surface area contributed by atoms with E-state index in [1.807, 2.05) is 29.1 Å². The van der Waals surface area contributed by atoms with Gasteiger partial charge in [0.15, 0.2) is 11.6 Å². The molecule has 0 saturated heterocycles. The van der Waals surface area contributed by atoms with Crippen molar-refractivity contribution in [1.29, 1.82) is 0 Å². The van der Waals surface area contributed by atoms with Crippen LogP contribution in [0.25, 0.3) is 0 Å². The Hall–Kier alpha value is -2.17. The molecule has 0 spiro atoms. The van der Waals surface area contributed by atoms with E-state index in [2.05, 4.69) is 5.32 Å². The second kappa shape index (κ2) is 6.13. The lowest BCUT2D eigenvalue weighted by Crippen LogP contribution is -2.12. The molecule has 0 saturated carbocycles. The summed E-state index contributed by atoms with van der Waals surface area (Å²) in [5.41, 5.74) is 0.268. The van der Waals surface area contributed by atoms with Gasteiger partial charge in [-0.05, 0) is 30.7 Å². The molecule has 1 amide bonds. The fraction of sp³-hybridized carbons (Fsp3) is 0.214. The zero-order valence-electron chi connectivity index (χ0n) is 10.3. The van der Waals surface area contributed by atoms with Crippen LogP contribution in [0.15, 0.2) is 42.7 Å². The Kier molecular flexibility index (Phi) is 4.28. The third kappa shape index (κ3) is 3.91. The highest BCUT2D eigenvalue weighted by atomic mass is 19.2. The normalized spacial score (nSPS) is 10.4. The minimum absolute atomic E-state index is 0.210. The van der Waals surface area contributed by atoms with Crippen molar-refractivity contribution in [2.24, 2.45) is 0 Å². The van der Waals surface area contributed by atoms with Gasteiger partial charge in [-0.15, -0.1) is 0 Å². The fourth-order valence-corrected chi connectivity index (χ4v) is 1.74. The predicted octanol–water partition coefficient (Wildman–Crippen LogP) is 3.19. The number of nitrogens with one attached hydrogen (secondary N) is 1. The summed E-state index contributed by atoms with van der Waals surface area (Å²) >= 11 is 0. The van der Waals surface area contributed by atoms with Gasteiger partial charge < -0.3 is 9.88 Å². The molecule has 1 heterocycles. The highest BCUT2D eigenvalue weighted by Crippen LogP contribution is 2.13. The Morgan fingerprint density at radius 2 is 1.89 bits per heavy atom. The largest absolute Gasteiger partial charge is 0.354 e. The van der Waals surface area contributed by atoms with Crippen LogP contribution < -0.4 is 5.32 Å². The first-order valence-corrected chi connectivity index (χ1v) is 6.01. The van der Waals surface area contributed by atoms with Crippen molar-refractivity contribution in [1.82, 2.24) is 4.57 Å². The highest BCUT2D eigenvalue weighted by Gasteiger charge is 2.06. The summed E-state index contributed by atoms with van der Waals surface area (Å²) in [4.78, 5) is 11.6. The number of amides is 1. The molecule has 100 valence electrons. The third-order valence-corrected chi connectivity index (χ3v) is 2.69. The molecule has 0 aliphatic heterocycles. The number of halogens is 2. The predicted molar refractivity (Wildman–Crippen MR) is 68.7 cm³/mol. The lowest BCUT2D eigenvalue weighted by molar-refractivity contribution is -0.116. The van der Waals surface area contributed by atoms with Gasteiger partial charge in [0, 0.05) is 37.1 Å². The maximum Gasteiger partial charge on any atom is 0.224 e. The van der Waals surface area contributed by atoms with Gasteiger partial charge >= 0.3 is 0 Å². The fourth-order valence-electron chi connectivity index (χ4n) is 1.74. The summed E-state index contributed by atoms with van der Waals surface area (Å²) < 4.78 is 27.6. The van der Waals surface area contributed by atoms with E-state index in [1.54, 1.807) is 0 Å². The second-order valence-corrected chi connectivity index (χ2v) is 4.20. The number of rotatable bonds is 5. The minimum atomic E-state index is -0.967. The van der Waals surface area contributed by atoms with E-state index in [4.69, 9.17) is 0 Å². The maximum atomic E-state index is 12.9. The van der Waals surface area contributed by atoms with Gasteiger partial charge in [-0.1, -0.05) is 0 Å². The number of anilines is 1. The quantitative estimate of drug-likeness (QED) is 0.884. The first-order chi connectivity index (χ1) is 9.15. The molecule has 19 heavy (non-hydrogen) atoms. The Morgan fingerprint density at radius 3 is 2.58 bits per heavy atom. The van der Waals surface area contributed by atoms with Crippen LogP contribution >= 0.6 is 0 Å². The Morgan fingerprint density at radius 1 is 1.16 bits per heavy atom. The smallest absolute Gasteiger partial charge is 0.224 e. The number of hydrogen-bond acceptors (Lipinski definition) is 1. The minimum Gasteiger partial charge on any atom is -0.354 e. The third-order valence-electron chi connectivity index (χ3n) is 2.69. The SMILES string of the molecule is O=C(CCCn1cccc1)Nc1ccc(F)c(F)c1. The van der Waals surface area contributed by atoms with Crippen molar-refractivity contribution >= 4 is 11.6 Å². The molecule has 1 aromatic carbocycles. The zero-order valence-corrected chi connectivity index (χ0v) is 10.3. The van der Waals surface area contributed by atoms with E-state index in [1.165, 1.54) is 6.07 Å². The summed E-state index contributed by atoms with van der Waals surface area (Å²) in [7, 11) is 0. The van der Waals surface area contributed by atoms with Crippen LogP contribution in [0.5, 0.6) is 0 Å². The van der Waals surface area contributed by atoms with Crippen LogP contribution in [0.2, 0.25) is 0 Å². The molecule has 0 fully saturated rings. The van der Waals surface area contributed by atoms with Crippen LogP contribution in [0.4, 0.5) is 14.5 Å². The van der Waals surface area contributed by atoms with Crippen LogP contribution in [0, 0.1) is 11.6 Å². The van der Waals surface area contributed by atoms with E-state index in [0.29, 0.717) is 12.8 Å². The van der Waals surface area contributed by atoms with E-state index < -0.39 is 11.6 Å². The van der Waals surface area contributed by atoms with Gasteiger partial charge in [-0.2, -0.15) is 0 Å². The molecule has 2 aromatic rings. The molecule has 1 N–H and O–H groups in total. The number of carbonyl (C=O) groups excluding carboxylic acids is 1. The molecule has 0 aliphatic rings. The van der Waals surface area contributed by atoms with Crippen molar-refractivity contribution < 1.29 is 13.6 Å². The van der Waals surface area contributed by atoms with Crippen molar-refractivity contribution in [2.45, 2.75) is 19.4 Å². The topological polar surface area (TPSA) is 34.0 Å². The highest BCUT2D eigenvalue weighted by molar-refractivity contribution is 5.90. The molecule has 0 atom stereocenters. The number of aromatic nitrogens is 1. The molecule has 0 bridgehead atoms. The van der Waals surface area contributed by atoms with E-state index in [-0.39, 0.29) is 11.6 Å². The number of aryl methyl sites for hydroxylation is 1. The van der Waals surface area contributed by atoms with E-state index in [9.17, 15) is 13.6 Å². The molecule has 2 rings (SSSR count). The van der Waals surface area contributed by atoms with Gasteiger partial charge in [-0.3, -0.25) is 4.79 Å². The number of nitrogens with zero attached hydrogens (tertiary/aromatic N) is 1. The van der Waals surface area contributed by atoms with Crippen molar-refractivity contribution in [3.63, 3.8) is 0 Å². The summed E-state index contributed by atoms with van der Waals surface area (Å²) in [5.74, 6) is -2.10. The molecule has 1 aromatic heterocycles. The van der Waals surface area contributed by atoms with Crippen LogP contribution in [-0.4, -0.2) is 10.5 Å². The molecule has 5 heteroatoms. The molecule has 3 nitrogen and oxygen atoms in total. The van der Waals surface area contributed by atoms with Crippen LogP contribution in [0.3, 0.4) is 0 Å². The Balaban J connectivity index is 1.79. The van der Waals surface area contributed by atoms with Crippen LogP contribution in [-0.2, 0) is 11.3 Å². The average Bonchev–Trinajstić information content (AvgIpc) is 2.87. The molecule has 0 aliphatic carbocycles. The summed E-state index contributed by atoms with van der Waals surface area (Å²) in [6.45, 7) is 0.748. The monoisotopic (exact) mass is 264 g/mol. The van der Waals surface area contributed by atoms with Gasteiger partial charge in [0.1, 0.15) is 0 Å². The molecular weight excluding hydrogens is 250 g/mol. The summed E-state index contributed by atoms with van der Waals surface area (Å²) in [6.07, 6.45) is 4.86. The first-order valence-electron chi connectivity index (χ1n) is 6.01. The average molecular weight is 264 g/mol.